The zero-order chi connectivity index (χ0) is 14.1. The average Bonchev–Trinajstić information content (AvgIpc) is 2.28. The van der Waals surface area contributed by atoms with E-state index in [1.165, 1.54) is 39.3 Å². The number of benzene rings is 1. The minimum Gasteiger partial charge on any atom is -0.398 e. The highest BCUT2D eigenvalue weighted by molar-refractivity contribution is 7.89. The van der Waals surface area contributed by atoms with Crippen molar-refractivity contribution in [1.29, 1.82) is 0 Å². The number of nitrogen functional groups attached to an aromatic ring is 1. The largest absolute Gasteiger partial charge is 0.398 e. The number of anilines is 1. The summed E-state index contributed by atoms with van der Waals surface area (Å²) in [4.78, 5) is 11.7. The molecule has 1 rings (SSSR count). The number of sulfonamides is 1. The number of rotatable bonds is 3. The lowest BCUT2D eigenvalue weighted by atomic mass is 10.1. The van der Waals surface area contributed by atoms with E-state index in [2.05, 4.69) is 0 Å². The predicted octanol–water partition coefficient (Wildman–Crippen LogP) is -0.535. The van der Waals surface area contributed by atoms with Gasteiger partial charge < -0.3 is 5.73 Å². The van der Waals surface area contributed by atoms with E-state index in [1.54, 1.807) is 0 Å². The molecule has 0 heterocycles. The number of amides is 1. The van der Waals surface area contributed by atoms with E-state index in [-0.39, 0.29) is 16.1 Å². The molecule has 1 aromatic carbocycles. The van der Waals surface area contributed by atoms with Gasteiger partial charge in [-0.05, 0) is 18.2 Å². The lowest BCUT2D eigenvalue weighted by Crippen LogP contribution is -2.33. The lowest BCUT2D eigenvalue weighted by molar-refractivity contribution is 0.0796. The quantitative estimate of drug-likeness (QED) is 0.332. The van der Waals surface area contributed by atoms with Gasteiger partial charge in [-0.3, -0.25) is 9.80 Å². The number of nitrogens with two attached hydrogens (primary N) is 2. The molecule has 8 heteroatoms. The molecule has 0 aliphatic carbocycles. The SMILES string of the molecule is CN(N)C(=O)c1cc(S(=O)(=O)N(C)C)ccc1N. The van der Waals surface area contributed by atoms with Gasteiger partial charge in [0.15, 0.2) is 0 Å². The summed E-state index contributed by atoms with van der Waals surface area (Å²) in [6.07, 6.45) is 0. The van der Waals surface area contributed by atoms with Crippen LogP contribution in [0.2, 0.25) is 0 Å². The molecule has 7 nitrogen and oxygen atoms in total. The summed E-state index contributed by atoms with van der Waals surface area (Å²) in [5.74, 6) is 4.77. The van der Waals surface area contributed by atoms with Crippen LogP contribution in [0.1, 0.15) is 10.4 Å². The van der Waals surface area contributed by atoms with Gasteiger partial charge in [0.05, 0.1) is 10.5 Å². The Bertz CT molecular complexity index is 566. The zero-order valence-electron chi connectivity index (χ0n) is 10.4. The van der Waals surface area contributed by atoms with Crippen molar-refractivity contribution in [2.75, 3.05) is 26.9 Å². The van der Waals surface area contributed by atoms with Crippen LogP contribution in [0.25, 0.3) is 0 Å². The first kappa shape index (κ1) is 14.4. The van der Waals surface area contributed by atoms with Crippen molar-refractivity contribution in [3.63, 3.8) is 0 Å². The minimum absolute atomic E-state index is 0.00750. The van der Waals surface area contributed by atoms with Crippen molar-refractivity contribution in [2.45, 2.75) is 4.90 Å². The van der Waals surface area contributed by atoms with E-state index in [1.807, 2.05) is 0 Å². The Balaban J connectivity index is 3.38. The zero-order valence-corrected chi connectivity index (χ0v) is 11.2. The first-order valence-electron chi connectivity index (χ1n) is 5.02. The summed E-state index contributed by atoms with van der Waals surface area (Å²) in [5, 5.41) is 0.845. The van der Waals surface area contributed by atoms with Crippen molar-refractivity contribution in [1.82, 2.24) is 9.31 Å². The minimum atomic E-state index is -3.61. The van der Waals surface area contributed by atoms with Crippen molar-refractivity contribution in [3.05, 3.63) is 23.8 Å². The molecule has 0 saturated carbocycles. The maximum Gasteiger partial charge on any atom is 0.269 e. The van der Waals surface area contributed by atoms with Crippen LogP contribution >= 0.6 is 0 Å². The number of nitrogens with zero attached hydrogens (tertiary/aromatic N) is 2. The third-order valence-electron chi connectivity index (χ3n) is 2.35. The van der Waals surface area contributed by atoms with Crippen LogP contribution in [0.4, 0.5) is 5.69 Å². The molecule has 18 heavy (non-hydrogen) atoms. The maximum atomic E-state index is 11.9. The molecular weight excluding hydrogens is 256 g/mol. The van der Waals surface area contributed by atoms with Crippen molar-refractivity contribution in [3.8, 4) is 0 Å². The number of hydrogen-bond acceptors (Lipinski definition) is 5. The topological polar surface area (TPSA) is 110 Å². The Morgan fingerprint density at radius 2 is 1.78 bits per heavy atom. The average molecular weight is 272 g/mol. The molecule has 0 unspecified atom stereocenters. The summed E-state index contributed by atoms with van der Waals surface area (Å²) >= 11 is 0. The van der Waals surface area contributed by atoms with Crippen molar-refractivity contribution in [2.24, 2.45) is 5.84 Å². The van der Waals surface area contributed by atoms with Gasteiger partial charge in [0, 0.05) is 26.8 Å². The number of hydrogen-bond donors (Lipinski definition) is 2. The molecule has 4 N–H and O–H groups in total. The van der Waals surface area contributed by atoms with Crippen molar-refractivity contribution >= 4 is 21.6 Å². The molecule has 0 aliphatic heterocycles. The first-order valence-corrected chi connectivity index (χ1v) is 6.46. The van der Waals surface area contributed by atoms with Gasteiger partial charge in [0.25, 0.3) is 5.91 Å². The van der Waals surface area contributed by atoms with E-state index >= 15 is 0 Å². The van der Waals surface area contributed by atoms with E-state index in [9.17, 15) is 13.2 Å². The van der Waals surface area contributed by atoms with Gasteiger partial charge in [0.1, 0.15) is 0 Å². The molecule has 0 atom stereocenters. The maximum absolute atomic E-state index is 11.9. The Morgan fingerprint density at radius 3 is 2.22 bits per heavy atom. The molecule has 0 bridgehead atoms. The third kappa shape index (κ3) is 2.61. The van der Waals surface area contributed by atoms with E-state index in [4.69, 9.17) is 11.6 Å². The number of hydrazine groups is 1. The highest BCUT2D eigenvalue weighted by atomic mass is 32.2. The summed E-state index contributed by atoms with van der Waals surface area (Å²) in [5.41, 5.74) is 5.87. The number of carbonyl (C=O) groups is 1. The normalized spacial score (nSPS) is 11.6. The van der Waals surface area contributed by atoms with Crippen LogP contribution in [0, 0.1) is 0 Å². The fraction of sp³-hybridized carbons (Fsp3) is 0.300. The molecular formula is C10H16N4O3S. The Morgan fingerprint density at radius 1 is 1.22 bits per heavy atom. The molecule has 0 radical (unpaired) electrons. The Labute approximate surface area is 106 Å². The first-order chi connectivity index (χ1) is 8.17. The van der Waals surface area contributed by atoms with Gasteiger partial charge in [0.2, 0.25) is 10.0 Å². The third-order valence-corrected chi connectivity index (χ3v) is 4.17. The van der Waals surface area contributed by atoms with Crippen LogP contribution in [-0.2, 0) is 10.0 Å². The van der Waals surface area contributed by atoms with Crippen LogP contribution in [0.15, 0.2) is 23.1 Å². The molecule has 100 valence electrons. The van der Waals surface area contributed by atoms with Gasteiger partial charge in [-0.25, -0.2) is 18.6 Å². The fourth-order valence-electron chi connectivity index (χ4n) is 1.28. The monoisotopic (exact) mass is 272 g/mol. The fourth-order valence-corrected chi connectivity index (χ4v) is 2.21. The predicted molar refractivity (Wildman–Crippen MR) is 68.0 cm³/mol. The van der Waals surface area contributed by atoms with Gasteiger partial charge in [-0.15, -0.1) is 0 Å². The Kier molecular flexibility index (Phi) is 3.95. The van der Waals surface area contributed by atoms with Crippen LogP contribution < -0.4 is 11.6 Å². The van der Waals surface area contributed by atoms with Crippen LogP contribution in [0.3, 0.4) is 0 Å². The smallest absolute Gasteiger partial charge is 0.269 e. The number of carbonyl (C=O) groups excluding carboxylic acids is 1. The molecule has 0 aromatic heterocycles. The lowest BCUT2D eigenvalue weighted by Gasteiger charge is -2.15. The van der Waals surface area contributed by atoms with E-state index in [0.29, 0.717) is 0 Å². The molecule has 0 spiro atoms. The Hall–Kier alpha value is -1.64. The van der Waals surface area contributed by atoms with E-state index < -0.39 is 15.9 Å². The second-order valence-corrected chi connectivity index (χ2v) is 6.10. The van der Waals surface area contributed by atoms with Gasteiger partial charge >= 0.3 is 0 Å². The van der Waals surface area contributed by atoms with Crippen LogP contribution in [-0.4, -0.2) is 44.8 Å². The molecule has 0 aliphatic rings. The van der Waals surface area contributed by atoms with Gasteiger partial charge in [-0.2, -0.15) is 0 Å². The molecule has 1 aromatic rings. The van der Waals surface area contributed by atoms with Gasteiger partial charge in [-0.1, -0.05) is 0 Å². The second kappa shape index (κ2) is 4.92. The van der Waals surface area contributed by atoms with Crippen LogP contribution in [0.5, 0.6) is 0 Å². The van der Waals surface area contributed by atoms with E-state index in [0.717, 1.165) is 9.31 Å². The summed E-state index contributed by atoms with van der Waals surface area (Å²) in [7, 11) is 0.557. The van der Waals surface area contributed by atoms with Crippen molar-refractivity contribution < 1.29 is 13.2 Å². The second-order valence-electron chi connectivity index (χ2n) is 3.95. The summed E-state index contributed by atoms with van der Waals surface area (Å²) < 4.78 is 24.9. The molecule has 0 saturated heterocycles. The summed E-state index contributed by atoms with van der Waals surface area (Å²) in [6, 6.07) is 3.93. The highest BCUT2D eigenvalue weighted by Crippen LogP contribution is 2.20. The summed E-state index contributed by atoms with van der Waals surface area (Å²) in [6.45, 7) is 0. The molecule has 0 fully saturated rings. The highest BCUT2D eigenvalue weighted by Gasteiger charge is 2.21. The standard InChI is InChI=1S/C10H16N4O3S/c1-13(2)18(16,17)7-4-5-9(11)8(6-7)10(15)14(3)12/h4-6H,11-12H2,1-3H3. The molecule has 1 amide bonds.